The van der Waals surface area contributed by atoms with Gasteiger partial charge in [-0.3, -0.25) is 14.9 Å². The third-order valence-electron chi connectivity index (χ3n) is 5.22. The first-order valence-corrected chi connectivity index (χ1v) is 11.4. The van der Waals surface area contributed by atoms with Crippen molar-refractivity contribution in [2.24, 2.45) is 5.92 Å². The number of non-ortho nitro benzene ring substituents is 1. The first-order valence-electron chi connectivity index (χ1n) is 10.0. The van der Waals surface area contributed by atoms with Crippen molar-refractivity contribution in [3.8, 4) is 5.75 Å². The maximum Gasteiger partial charge on any atom is 0.271 e. The highest BCUT2D eigenvalue weighted by Gasteiger charge is 2.33. The van der Waals surface area contributed by atoms with Gasteiger partial charge in [0.1, 0.15) is 5.75 Å². The molecule has 1 atom stereocenters. The van der Waals surface area contributed by atoms with Gasteiger partial charge in [-0.25, -0.2) is 8.42 Å². The Morgan fingerprint density at radius 1 is 1.26 bits per heavy atom. The van der Waals surface area contributed by atoms with E-state index >= 15 is 0 Å². The van der Waals surface area contributed by atoms with Gasteiger partial charge in [0.2, 0.25) is 15.9 Å². The minimum atomic E-state index is -3.75. The lowest BCUT2D eigenvalue weighted by atomic mass is 9.98. The second-order valence-electron chi connectivity index (χ2n) is 7.35. The second-order valence-corrected chi connectivity index (χ2v) is 9.29. The van der Waals surface area contributed by atoms with E-state index in [1.54, 1.807) is 25.1 Å². The lowest BCUT2D eigenvalue weighted by Gasteiger charge is -2.31. The van der Waals surface area contributed by atoms with Crippen molar-refractivity contribution in [3.63, 3.8) is 0 Å². The van der Waals surface area contributed by atoms with Crippen molar-refractivity contribution >= 4 is 27.3 Å². The van der Waals surface area contributed by atoms with Crippen LogP contribution in [-0.2, 0) is 14.8 Å². The highest BCUT2D eigenvalue weighted by molar-refractivity contribution is 7.89. The van der Waals surface area contributed by atoms with Gasteiger partial charge in [0.25, 0.3) is 5.69 Å². The maximum absolute atomic E-state index is 13.0. The molecule has 1 N–H and O–H groups in total. The van der Waals surface area contributed by atoms with Gasteiger partial charge < -0.3 is 10.1 Å². The van der Waals surface area contributed by atoms with Gasteiger partial charge in [0.15, 0.2) is 0 Å². The molecular formula is C21H25N3O6S. The monoisotopic (exact) mass is 447 g/mol. The van der Waals surface area contributed by atoms with Crippen LogP contribution in [0.5, 0.6) is 5.75 Å². The van der Waals surface area contributed by atoms with E-state index in [0.29, 0.717) is 43.0 Å². The summed E-state index contributed by atoms with van der Waals surface area (Å²) in [4.78, 5) is 23.4. The van der Waals surface area contributed by atoms with E-state index < -0.39 is 20.9 Å². The molecule has 1 aliphatic heterocycles. The second kappa shape index (κ2) is 9.44. The van der Waals surface area contributed by atoms with E-state index in [0.717, 1.165) is 0 Å². The molecule has 1 heterocycles. The SMILES string of the molecule is CCOc1ccc(S(=O)(=O)N2CCC[C@@H](C(=O)Nc3cc([N+](=O)[O-])ccc3C)C2)cc1. The number of hydrogen-bond donors (Lipinski definition) is 1. The normalized spacial score (nSPS) is 17.2. The molecule has 0 radical (unpaired) electrons. The summed E-state index contributed by atoms with van der Waals surface area (Å²) in [5.74, 6) is -0.315. The molecule has 10 heteroatoms. The fourth-order valence-corrected chi connectivity index (χ4v) is 5.02. The average molecular weight is 448 g/mol. The number of carbonyl (C=O) groups is 1. The number of nitrogens with one attached hydrogen (secondary N) is 1. The molecular weight excluding hydrogens is 422 g/mol. The summed E-state index contributed by atoms with van der Waals surface area (Å²) in [7, 11) is -3.75. The van der Waals surface area contributed by atoms with E-state index in [1.807, 2.05) is 6.92 Å². The molecule has 2 aromatic carbocycles. The van der Waals surface area contributed by atoms with Gasteiger partial charge in [0, 0.05) is 25.2 Å². The average Bonchev–Trinajstić information content (AvgIpc) is 2.76. The number of sulfonamides is 1. The highest BCUT2D eigenvalue weighted by atomic mass is 32.2. The number of carbonyl (C=O) groups excluding carboxylic acids is 1. The van der Waals surface area contributed by atoms with Gasteiger partial charge in [-0.15, -0.1) is 0 Å². The number of nitrogens with zero attached hydrogens (tertiary/aromatic N) is 2. The van der Waals surface area contributed by atoms with Crippen molar-refractivity contribution in [1.82, 2.24) is 4.31 Å². The fraction of sp³-hybridized carbons (Fsp3) is 0.381. The number of nitro groups is 1. The van der Waals surface area contributed by atoms with E-state index in [4.69, 9.17) is 4.74 Å². The van der Waals surface area contributed by atoms with Crippen molar-refractivity contribution in [1.29, 1.82) is 0 Å². The van der Waals surface area contributed by atoms with E-state index in [2.05, 4.69) is 5.32 Å². The molecule has 2 aromatic rings. The number of ether oxygens (including phenoxy) is 1. The fourth-order valence-electron chi connectivity index (χ4n) is 3.49. The zero-order valence-corrected chi connectivity index (χ0v) is 18.2. The van der Waals surface area contributed by atoms with Gasteiger partial charge in [-0.1, -0.05) is 6.07 Å². The maximum atomic E-state index is 13.0. The number of anilines is 1. The number of aryl methyl sites for hydroxylation is 1. The molecule has 1 aliphatic rings. The Labute approximate surface area is 181 Å². The molecule has 0 aliphatic carbocycles. The summed E-state index contributed by atoms with van der Waals surface area (Å²) in [6, 6.07) is 10.5. The van der Waals surface area contributed by atoms with Crippen LogP contribution in [-0.4, -0.2) is 43.2 Å². The minimum absolute atomic E-state index is 0.0509. The summed E-state index contributed by atoms with van der Waals surface area (Å²) in [6.45, 7) is 4.45. The van der Waals surface area contributed by atoms with Crippen molar-refractivity contribution in [2.45, 2.75) is 31.6 Å². The Morgan fingerprint density at radius 2 is 1.97 bits per heavy atom. The highest BCUT2D eigenvalue weighted by Crippen LogP contribution is 2.27. The largest absolute Gasteiger partial charge is 0.494 e. The molecule has 1 fully saturated rings. The van der Waals surface area contributed by atoms with Crippen molar-refractivity contribution in [3.05, 3.63) is 58.1 Å². The van der Waals surface area contributed by atoms with Gasteiger partial charge >= 0.3 is 0 Å². The zero-order valence-electron chi connectivity index (χ0n) is 17.4. The quantitative estimate of drug-likeness (QED) is 0.514. The third-order valence-corrected chi connectivity index (χ3v) is 7.10. The number of rotatable bonds is 7. The lowest BCUT2D eigenvalue weighted by Crippen LogP contribution is -2.43. The summed E-state index contributed by atoms with van der Waals surface area (Å²) in [6.07, 6.45) is 1.08. The molecule has 166 valence electrons. The lowest BCUT2D eigenvalue weighted by molar-refractivity contribution is -0.384. The third kappa shape index (κ3) is 5.20. The van der Waals surface area contributed by atoms with Crippen LogP contribution < -0.4 is 10.1 Å². The van der Waals surface area contributed by atoms with Crippen molar-refractivity contribution in [2.75, 3.05) is 25.0 Å². The summed E-state index contributed by atoms with van der Waals surface area (Å²) in [5.41, 5.74) is 0.920. The molecule has 0 bridgehead atoms. The molecule has 1 amide bonds. The van der Waals surface area contributed by atoms with Crippen LogP contribution >= 0.6 is 0 Å². The Kier molecular flexibility index (Phi) is 6.91. The molecule has 0 unspecified atom stereocenters. The molecule has 9 nitrogen and oxygen atoms in total. The van der Waals surface area contributed by atoms with Crippen LogP contribution in [0.3, 0.4) is 0 Å². The molecule has 0 aromatic heterocycles. The van der Waals surface area contributed by atoms with Gasteiger partial charge in [0.05, 0.1) is 28.0 Å². The Bertz CT molecular complexity index is 1070. The van der Waals surface area contributed by atoms with Crippen LogP contribution in [0.1, 0.15) is 25.3 Å². The van der Waals surface area contributed by atoms with Crippen LogP contribution in [0.15, 0.2) is 47.4 Å². The molecule has 3 rings (SSSR count). The Balaban J connectivity index is 1.73. The van der Waals surface area contributed by atoms with E-state index in [9.17, 15) is 23.3 Å². The number of piperidine rings is 1. The Hall–Kier alpha value is -2.98. The molecule has 31 heavy (non-hydrogen) atoms. The van der Waals surface area contributed by atoms with Gasteiger partial charge in [-0.2, -0.15) is 4.31 Å². The van der Waals surface area contributed by atoms with Crippen LogP contribution in [0.2, 0.25) is 0 Å². The molecule has 0 spiro atoms. The summed E-state index contributed by atoms with van der Waals surface area (Å²) in [5, 5.41) is 13.7. The van der Waals surface area contributed by atoms with Crippen LogP contribution in [0.25, 0.3) is 0 Å². The number of nitro benzene ring substituents is 1. The van der Waals surface area contributed by atoms with E-state index in [-0.39, 0.29) is 23.0 Å². The molecule has 0 saturated carbocycles. The zero-order chi connectivity index (χ0) is 22.6. The minimum Gasteiger partial charge on any atom is -0.494 e. The topological polar surface area (TPSA) is 119 Å². The number of hydrogen-bond acceptors (Lipinski definition) is 6. The van der Waals surface area contributed by atoms with E-state index in [1.165, 1.54) is 28.6 Å². The predicted molar refractivity (Wildman–Crippen MR) is 116 cm³/mol. The smallest absolute Gasteiger partial charge is 0.271 e. The van der Waals surface area contributed by atoms with Crippen LogP contribution in [0.4, 0.5) is 11.4 Å². The predicted octanol–water partition coefficient (Wildman–Crippen LogP) is 3.34. The summed E-state index contributed by atoms with van der Waals surface area (Å²) >= 11 is 0. The molecule has 1 saturated heterocycles. The van der Waals surface area contributed by atoms with Crippen LogP contribution in [0, 0.1) is 23.0 Å². The van der Waals surface area contributed by atoms with Crippen molar-refractivity contribution < 1.29 is 22.9 Å². The number of benzene rings is 2. The number of amides is 1. The van der Waals surface area contributed by atoms with Gasteiger partial charge in [-0.05, 0) is 56.5 Å². The summed E-state index contributed by atoms with van der Waals surface area (Å²) < 4.78 is 32.7. The first-order chi connectivity index (χ1) is 14.7. The first kappa shape index (κ1) is 22.7. The standard InChI is InChI=1S/C21H25N3O6S/c1-3-30-18-8-10-19(11-9-18)31(28,29)23-12-4-5-16(14-23)21(25)22-20-13-17(24(26)27)7-6-15(20)2/h6-11,13,16H,3-5,12,14H2,1-2H3,(H,22,25)/t16-/m1/s1. The Morgan fingerprint density at radius 3 is 2.61 bits per heavy atom.